The van der Waals surface area contributed by atoms with Gasteiger partial charge in [0.25, 0.3) is 5.91 Å². The van der Waals surface area contributed by atoms with Gasteiger partial charge in [0, 0.05) is 11.1 Å². The van der Waals surface area contributed by atoms with Crippen molar-refractivity contribution in [2.24, 2.45) is 0 Å². The molecule has 0 aliphatic carbocycles. The molecule has 148 valence electrons. The molecule has 5 nitrogen and oxygen atoms in total. The number of nitrogens with one attached hydrogen (secondary N) is 2. The van der Waals surface area contributed by atoms with Gasteiger partial charge in [0.1, 0.15) is 10.8 Å². The Morgan fingerprint density at radius 1 is 1.03 bits per heavy atom. The summed E-state index contributed by atoms with van der Waals surface area (Å²) in [6.45, 7) is 4.01. The average Bonchev–Trinajstić information content (AvgIpc) is 2.71. The molecule has 2 N–H and O–H groups in total. The first kappa shape index (κ1) is 20.5. The zero-order chi connectivity index (χ0) is 20.8. The zero-order valence-electron chi connectivity index (χ0n) is 16.0. The number of halogens is 1. The van der Waals surface area contributed by atoms with Crippen LogP contribution in [-0.4, -0.2) is 16.8 Å². The van der Waals surface area contributed by atoms with E-state index < -0.39 is 11.8 Å². The molecule has 0 aliphatic rings. The Hall–Kier alpha value is -3.19. The summed E-state index contributed by atoms with van der Waals surface area (Å²) in [5.41, 5.74) is 8.02. The summed E-state index contributed by atoms with van der Waals surface area (Å²) in [7, 11) is 0. The third kappa shape index (κ3) is 5.65. The number of hydrogen-bond acceptors (Lipinski definition) is 4. The molecule has 0 saturated heterocycles. The highest BCUT2D eigenvalue weighted by molar-refractivity contribution is 7.99. The molecule has 0 radical (unpaired) electrons. The van der Waals surface area contributed by atoms with Gasteiger partial charge in [-0.1, -0.05) is 36.0 Å². The number of benzene rings is 2. The summed E-state index contributed by atoms with van der Waals surface area (Å²) in [4.78, 5) is 30.0. The van der Waals surface area contributed by atoms with Gasteiger partial charge in [-0.3, -0.25) is 20.4 Å². The normalized spacial score (nSPS) is 10.4. The summed E-state index contributed by atoms with van der Waals surface area (Å²) in [6.07, 6.45) is 1.65. The summed E-state index contributed by atoms with van der Waals surface area (Å²) >= 11 is 1.40. The summed E-state index contributed by atoms with van der Waals surface area (Å²) in [6, 6.07) is 15.0. The van der Waals surface area contributed by atoms with Crippen molar-refractivity contribution in [2.45, 2.75) is 30.2 Å². The topological polar surface area (TPSA) is 71.1 Å². The third-order valence-corrected chi connectivity index (χ3v) is 5.34. The van der Waals surface area contributed by atoms with Crippen molar-refractivity contribution in [3.63, 3.8) is 0 Å². The first-order chi connectivity index (χ1) is 13.9. The van der Waals surface area contributed by atoms with E-state index in [4.69, 9.17) is 0 Å². The Balaban J connectivity index is 1.66. The van der Waals surface area contributed by atoms with E-state index in [-0.39, 0.29) is 12.2 Å². The summed E-state index contributed by atoms with van der Waals surface area (Å²) in [5.74, 6) is -1.23. The largest absolute Gasteiger partial charge is 0.273 e. The number of hydrogen-bond donors (Lipinski definition) is 2. The smallest absolute Gasteiger partial charge is 0.272 e. The molecule has 0 unspecified atom stereocenters. The number of carbonyl (C=O) groups is 2. The van der Waals surface area contributed by atoms with E-state index >= 15 is 0 Å². The van der Waals surface area contributed by atoms with Crippen LogP contribution < -0.4 is 10.9 Å². The lowest BCUT2D eigenvalue weighted by atomic mass is 10.1. The number of carbonyl (C=O) groups excluding carboxylic acids is 2. The molecule has 29 heavy (non-hydrogen) atoms. The Labute approximate surface area is 172 Å². The van der Waals surface area contributed by atoms with Crippen molar-refractivity contribution in [3.05, 3.63) is 88.9 Å². The lowest BCUT2D eigenvalue weighted by molar-refractivity contribution is -0.121. The highest BCUT2D eigenvalue weighted by Crippen LogP contribution is 2.31. The number of nitrogens with zero attached hydrogens (tertiary/aromatic N) is 1. The second kappa shape index (κ2) is 9.34. The molecular weight excluding hydrogens is 389 g/mol. The van der Waals surface area contributed by atoms with Gasteiger partial charge in [0.2, 0.25) is 5.91 Å². The van der Waals surface area contributed by atoms with Gasteiger partial charge in [-0.15, -0.1) is 0 Å². The van der Waals surface area contributed by atoms with Crippen molar-refractivity contribution in [1.82, 2.24) is 15.8 Å². The van der Waals surface area contributed by atoms with Crippen LogP contribution in [0.25, 0.3) is 0 Å². The predicted octanol–water partition coefficient (Wildman–Crippen LogP) is 3.99. The average molecular weight is 409 g/mol. The van der Waals surface area contributed by atoms with Crippen LogP contribution in [0.3, 0.4) is 0 Å². The van der Waals surface area contributed by atoms with Crippen LogP contribution in [0.4, 0.5) is 4.39 Å². The number of amides is 2. The third-order valence-electron chi connectivity index (χ3n) is 4.16. The summed E-state index contributed by atoms with van der Waals surface area (Å²) in [5, 5.41) is 0.548. The number of rotatable bonds is 5. The maximum absolute atomic E-state index is 12.9. The lowest BCUT2D eigenvalue weighted by Crippen LogP contribution is -2.42. The fraction of sp³-hybridized carbons (Fsp3) is 0.136. The molecule has 0 bridgehead atoms. The fourth-order valence-corrected chi connectivity index (χ4v) is 3.66. The van der Waals surface area contributed by atoms with E-state index in [1.54, 1.807) is 18.3 Å². The first-order valence-corrected chi connectivity index (χ1v) is 9.78. The van der Waals surface area contributed by atoms with Gasteiger partial charge < -0.3 is 0 Å². The molecule has 7 heteroatoms. The Kier molecular flexibility index (Phi) is 6.61. The van der Waals surface area contributed by atoms with Gasteiger partial charge in [-0.25, -0.2) is 9.37 Å². The van der Waals surface area contributed by atoms with Crippen LogP contribution in [0, 0.1) is 19.7 Å². The van der Waals surface area contributed by atoms with E-state index in [0.29, 0.717) is 16.2 Å². The molecular formula is C22H20FN3O2S. The van der Waals surface area contributed by atoms with Gasteiger partial charge >= 0.3 is 0 Å². The minimum absolute atomic E-state index is 0.0255. The fourth-order valence-electron chi connectivity index (χ4n) is 2.59. The van der Waals surface area contributed by atoms with Crippen molar-refractivity contribution in [3.8, 4) is 0 Å². The van der Waals surface area contributed by atoms with Crippen molar-refractivity contribution >= 4 is 23.6 Å². The Bertz CT molecular complexity index is 1040. The molecule has 2 aromatic carbocycles. The molecule has 0 saturated carbocycles. The number of hydrazine groups is 1. The Morgan fingerprint density at radius 2 is 1.79 bits per heavy atom. The SMILES string of the molecule is Cc1ccc(C)c(Sc2ncccc2C(=O)NNC(=O)Cc2ccc(F)cc2)c1. The monoisotopic (exact) mass is 409 g/mol. The molecule has 0 atom stereocenters. The van der Waals surface area contributed by atoms with Crippen LogP contribution in [0.2, 0.25) is 0 Å². The quantitative estimate of drug-likeness (QED) is 0.625. The molecule has 1 aromatic heterocycles. The highest BCUT2D eigenvalue weighted by atomic mass is 32.2. The maximum Gasteiger partial charge on any atom is 0.272 e. The zero-order valence-corrected chi connectivity index (χ0v) is 16.8. The van der Waals surface area contributed by atoms with Gasteiger partial charge in [-0.05, 0) is 60.9 Å². The maximum atomic E-state index is 12.9. The molecule has 2 amide bonds. The number of aryl methyl sites for hydroxylation is 2. The summed E-state index contributed by atoms with van der Waals surface area (Å²) < 4.78 is 12.9. The van der Waals surface area contributed by atoms with Crippen LogP contribution in [0.1, 0.15) is 27.0 Å². The second-order valence-corrected chi connectivity index (χ2v) is 7.56. The second-order valence-electron chi connectivity index (χ2n) is 6.53. The highest BCUT2D eigenvalue weighted by Gasteiger charge is 2.15. The molecule has 3 aromatic rings. The number of pyridine rings is 1. The predicted molar refractivity (Wildman–Crippen MR) is 110 cm³/mol. The van der Waals surface area contributed by atoms with Gasteiger partial charge in [0.15, 0.2) is 0 Å². The van der Waals surface area contributed by atoms with Gasteiger partial charge in [0.05, 0.1) is 12.0 Å². The lowest BCUT2D eigenvalue weighted by Gasteiger charge is -2.11. The standard InChI is InChI=1S/C22H20FN3O2S/c1-14-5-6-15(2)19(12-14)29-22-18(4-3-11-24-22)21(28)26-25-20(27)13-16-7-9-17(23)10-8-16/h3-12H,13H2,1-2H3,(H,25,27)(H,26,28). The minimum Gasteiger partial charge on any atom is -0.273 e. The molecule has 0 aliphatic heterocycles. The van der Waals surface area contributed by atoms with E-state index in [9.17, 15) is 14.0 Å². The van der Waals surface area contributed by atoms with Crippen molar-refractivity contribution in [1.29, 1.82) is 0 Å². The van der Waals surface area contributed by atoms with Crippen LogP contribution in [0.5, 0.6) is 0 Å². The Morgan fingerprint density at radius 3 is 2.55 bits per heavy atom. The first-order valence-electron chi connectivity index (χ1n) is 8.96. The van der Waals surface area contributed by atoms with E-state index in [1.165, 1.54) is 36.0 Å². The van der Waals surface area contributed by atoms with Crippen LogP contribution in [0.15, 0.2) is 70.7 Å². The molecule has 0 spiro atoms. The van der Waals surface area contributed by atoms with Gasteiger partial charge in [-0.2, -0.15) is 0 Å². The van der Waals surface area contributed by atoms with Crippen molar-refractivity contribution < 1.29 is 14.0 Å². The van der Waals surface area contributed by atoms with E-state index in [2.05, 4.69) is 15.8 Å². The minimum atomic E-state index is -0.460. The number of aromatic nitrogens is 1. The van der Waals surface area contributed by atoms with Crippen LogP contribution >= 0.6 is 11.8 Å². The van der Waals surface area contributed by atoms with Crippen LogP contribution in [-0.2, 0) is 11.2 Å². The van der Waals surface area contributed by atoms with E-state index in [1.807, 2.05) is 32.0 Å². The molecule has 0 fully saturated rings. The molecule has 1 heterocycles. The molecule has 3 rings (SSSR count). The van der Waals surface area contributed by atoms with E-state index in [0.717, 1.165) is 16.0 Å². The van der Waals surface area contributed by atoms with Crippen molar-refractivity contribution in [2.75, 3.05) is 0 Å².